The Kier molecular flexibility index (Phi) is 4.84. The number of halogens is 1. The van der Waals surface area contributed by atoms with Crippen LogP contribution in [0.15, 0.2) is 12.1 Å². The van der Waals surface area contributed by atoms with Crippen molar-refractivity contribution < 1.29 is 4.74 Å². The SMILES string of the molecule is COc1ccc(C(C)(C)CNCCl)c(C)c1C. The van der Waals surface area contributed by atoms with E-state index >= 15 is 0 Å². The molecule has 1 N–H and O–H groups in total. The summed E-state index contributed by atoms with van der Waals surface area (Å²) in [5, 5.41) is 3.20. The second kappa shape index (κ2) is 5.74. The fourth-order valence-electron chi connectivity index (χ4n) is 2.21. The quantitative estimate of drug-likeness (QED) is 0.643. The number of hydrogen-bond donors (Lipinski definition) is 1. The van der Waals surface area contributed by atoms with Crippen molar-refractivity contribution in [3.8, 4) is 5.75 Å². The van der Waals surface area contributed by atoms with Crippen LogP contribution < -0.4 is 10.1 Å². The van der Waals surface area contributed by atoms with Gasteiger partial charge in [0.2, 0.25) is 0 Å². The van der Waals surface area contributed by atoms with Crippen LogP contribution in [0.2, 0.25) is 0 Å². The molecular formula is C14H22ClNO. The van der Waals surface area contributed by atoms with Crippen molar-refractivity contribution in [3.05, 3.63) is 28.8 Å². The number of methoxy groups -OCH3 is 1. The van der Waals surface area contributed by atoms with Crippen molar-refractivity contribution in [1.82, 2.24) is 5.32 Å². The number of nitrogens with one attached hydrogen (secondary N) is 1. The summed E-state index contributed by atoms with van der Waals surface area (Å²) < 4.78 is 5.34. The van der Waals surface area contributed by atoms with Crippen LogP contribution in [0.5, 0.6) is 5.75 Å². The van der Waals surface area contributed by atoms with E-state index in [4.69, 9.17) is 16.3 Å². The normalized spacial score (nSPS) is 11.6. The van der Waals surface area contributed by atoms with E-state index in [0.717, 1.165) is 12.3 Å². The van der Waals surface area contributed by atoms with Gasteiger partial charge in [-0.3, -0.25) is 0 Å². The van der Waals surface area contributed by atoms with Crippen molar-refractivity contribution in [2.45, 2.75) is 33.1 Å². The highest BCUT2D eigenvalue weighted by Crippen LogP contribution is 2.31. The minimum Gasteiger partial charge on any atom is -0.496 e. The molecule has 1 aromatic carbocycles. The third-order valence-electron chi connectivity index (χ3n) is 3.35. The maximum Gasteiger partial charge on any atom is 0.122 e. The van der Waals surface area contributed by atoms with Crippen LogP contribution in [0, 0.1) is 13.8 Å². The second-order valence-electron chi connectivity index (χ2n) is 5.01. The van der Waals surface area contributed by atoms with Crippen LogP contribution in [0.3, 0.4) is 0 Å². The molecule has 0 saturated carbocycles. The molecule has 0 aliphatic carbocycles. The summed E-state index contributed by atoms with van der Waals surface area (Å²) in [7, 11) is 1.71. The van der Waals surface area contributed by atoms with Crippen LogP contribution in [-0.2, 0) is 5.41 Å². The Hall–Kier alpha value is -0.730. The molecule has 0 amide bonds. The monoisotopic (exact) mass is 255 g/mol. The summed E-state index contributed by atoms with van der Waals surface area (Å²) in [6, 6.07) is 4.68. The Labute approximate surface area is 109 Å². The molecule has 1 rings (SSSR count). The molecule has 0 aliphatic heterocycles. The highest BCUT2D eigenvalue weighted by Gasteiger charge is 2.23. The van der Waals surface area contributed by atoms with Gasteiger partial charge in [-0.2, -0.15) is 0 Å². The molecule has 0 bridgehead atoms. The van der Waals surface area contributed by atoms with Crippen LogP contribution >= 0.6 is 11.6 Å². The van der Waals surface area contributed by atoms with Crippen molar-refractivity contribution in [2.75, 3.05) is 19.7 Å². The molecule has 96 valence electrons. The smallest absolute Gasteiger partial charge is 0.122 e. The third kappa shape index (κ3) is 3.14. The van der Waals surface area contributed by atoms with Gasteiger partial charge in [0.1, 0.15) is 5.75 Å². The summed E-state index contributed by atoms with van der Waals surface area (Å²) in [4.78, 5) is 0. The summed E-state index contributed by atoms with van der Waals surface area (Å²) >= 11 is 5.68. The Balaban J connectivity index is 3.10. The number of alkyl halides is 1. The minimum atomic E-state index is 0.0655. The molecule has 3 heteroatoms. The minimum absolute atomic E-state index is 0.0655. The molecule has 1 aromatic rings. The molecule has 0 heterocycles. The topological polar surface area (TPSA) is 21.3 Å². The highest BCUT2D eigenvalue weighted by molar-refractivity contribution is 6.17. The van der Waals surface area contributed by atoms with Gasteiger partial charge >= 0.3 is 0 Å². The van der Waals surface area contributed by atoms with E-state index < -0.39 is 0 Å². The average molecular weight is 256 g/mol. The van der Waals surface area contributed by atoms with Crippen molar-refractivity contribution in [3.63, 3.8) is 0 Å². The standard InChI is InChI=1S/C14H22ClNO/c1-10-11(2)13(17-5)7-6-12(10)14(3,4)8-16-9-15/h6-7,16H,8-9H2,1-5H3. The molecule has 0 spiro atoms. The van der Waals surface area contributed by atoms with Crippen LogP contribution in [0.1, 0.15) is 30.5 Å². The maximum absolute atomic E-state index is 5.68. The van der Waals surface area contributed by atoms with Crippen molar-refractivity contribution in [2.24, 2.45) is 0 Å². The Morgan fingerprint density at radius 2 is 1.88 bits per heavy atom. The van der Waals surface area contributed by atoms with Gasteiger partial charge in [0.25, 0.3) is 0 Å². The summed E-state index contributed by atoms with van der Waals surface area (Å²) in [6.07, 6.45) is 0. The number of ether oxygens (including phenoxy) is 1. The predicted octanol–water partition coefficient (Wildman–Crippen LogP) is 3.38. The largest absolute Gasteiger partial charge is 0.496 e. The first-order valence-electron chi connectivity index (χ1n) is 5.85. The summed E-state index contributed by atoms with van der Waals surface area (Å²) in [6.45, 7) is 9.56. The highest BCUT2D eigenvalue weighted by atomic mass is 35.5. The Morgan fingerprint density at radius 3 is 2.41 bits per heavy atom. The van der Waals surface area contributed by atoms with Crippen LogP contribution in [-0.4, -0.2) is 19.7 Å². The average Bonchev–Trinajstić information content (AvgIpc) is 2.29. The zero-order valence-corrected chi connectivity index (χ0v) is 12.1. The lowest BCUT2D eigenvalue weighted by atomic mass is 9.80. The molecule has 17 heavy (non-hydrogen) atoms. The molecule has 0 unspecified atom stereocenters. The summed E-state index contributed by atoms with van der Waals surface area (Å²) in [5.41, 5.74) is 3.92. The van der Waals surface area contributed by atoms with Crippen LogP contribution in [0.4, 0.5) is 0 Å². The fraction of sp³-hybridized carbons (Fsp3) is 0.571. The van der Waals surface area contributed by atoms with Gasteiger partial charge < -0.3 is 10.1 Å². The van der Waals surface area contributed by atoms with Gasteiger partial charge in [0.15, 0.2) is 0 Å². The molecule has 0 radical (unpaired) electrons. The molecule has 0 saturated heterocycles. The molecule has 2 nitrogen and oxygen atoms in total. The first-order chi connectivity index (χ1) is 7.94. The zero-order valence-electron chi connectivity index (χ0n) is 11.4. The van der Waals surface area contributed by atoms with E-state index in [2.05, 4.69) is 39.1 Å². The van der Waals surface area contributed by atoms with Gasteiger partial charge in [-0.25, -0.2) is 0 Å². The van der Waals surface area contributed by atoms with E-state index in [0.29, 0.717) is 6.00 Å². The lowest BCUT2D eigenvalue weighted by molar-refractivity contribution is 0.409. The number of rotatable bonds is 5. The van der Waals surface area contributed by atoms with E-state index in [1.807, 2.05) is 6.07 Å². The first kappa shape index (κ1) is 14.3. The predicted molar refractivity (Wildman–Crippen MR) is 74.2 cm³/mol. The molecular weight excluding hydrogens is 234 g/mol. The van der Waals surface area contributed by atoms with Gasteiger partial charge in [-0.05, 0) is 36.6 Å². The molecule has 0 atom stereocenters. The fourth-order valence-corrected chi connectivity index (χ4v) is 2.30. The second-order valence-corrected chi connectivity index (χ2v) is 5.28. The van der Waals surface area contributed by atoms with Gasteiger partial charge in [0.05, 0.1) is 13.1 Å². The van der Waals surface area contributed by atoms with Crippen molar-refractivity contribution in [1.29, 1.82) is 0 Å². The van der Waals surface area contributed by atoms with E-state index in [1.165, 1.54) is 16.7 Å². The Bertz CT molecular complexity index is 388. The maximum atomic E-state index is 5.68. The molecule has 0 fully saturated rings. The van der Waals surface area contributed by atoms with Crippen LogP contribution in [0.25, 0.3) is 0 Å². The van der Waals surface area contributed by atoms with E-state index in [-0.39, 0.29) is 5.41 Å². The van der Waals surface area contributed by atoms with Gasteiger partial charge in [0, 0.05) is 12.0 Å². The third-order valence-corrected chi connectivity index (χ3v) is 3.54. The zero-order chi connectivity index (χ0) is 13.1. The van der Waals surface area contributed by atoms with E-state index in [1.54, 1.807) is 7.11 Å². The van der Waals surface area contributed by atoms with Gasteiger partial charge in [-0.1, -0.05) is 19.9 Å². The Morgan fingerprint density at radius 1 is 1.24 bits per heavy atom. The number of benzene rings is 1. The van der Waals surface area contributed by atoms with Crippen molar-refractivity contribution >= 4 is 11.6 Å². The summed E-state index contributed by atoms with van der Waals surface area (Å²) in [5.74, 6) is 0.951. The lowest BCUT2D eigenvalue weighted by Gasteiger charge is -2.28. The molecule has 0 aliphatic rings. The molecule has 0 aromatic heterocycles. The lowest BCUT2D eigenvalue weighted by Crippen LogP contribution is -2.33. The number of hydrogen-bond acceptors (Lipinski definition) is 2. The van der Waals surface area contributed by atoms with E-state index in [9.17, 15) is 0 Å². The first-order valence-corrected chi connectivity index (χ1v) is 6.39. The van der Waals surface area contributed by atoms with Gasteiger partial charge in [-0.15, -0.1) is 11.6 Å².